The van der Waals surface area contributed by atoms with E-state index in [2.05, 4.69) is 26.1 Å². The summed E-state index contributed by atoms with van der Waals surface area (Å²) in [6, 6.07) is 0. The van der Waals surface area contributed by atoms with Crippen LogP contribution in [0.15, 0.2) is 0 Å². The third-order valence-corrected chi connectivity index (χ3v) is 9.90. The van der Waals surface area contributed by atoms with Crippen molar-refractivity contribution < 1.29 is 24.9 Å². The van der Waals surface area contributed by atoms with Crippen LogP contribution in [0.4, 0.5) is 0 Å². The molecule has 190 valence electrons. The molecule has 1 amide bonds. The Labute approximate surface area is 199 Å². The molecule has 6 heteroatoms. The molecule has 0 aromatic rings. The first-order valence-corrected chi connectivity index (χ1v) is 13.4. The molecule has 3 aliphatic rings. The number of nitrogens with one attached hydrogen (secondary N) is 1. The molecule has 0 aromatic heterocycles. The number of aliphatic carboxylic acids is 1. The number of carbonyl (C=O) groups excluding carboxylic acids is 1. The van der Waals surface area contributed by atoms with Gasteiger partial charge in [-0.15, -0.1) is 0 Å². The minimum Gasteiger partial charge on any atom is -0.480 e. The topological polar surface area (TPSA) is 107 Å². The maximum atomic E-state index is 12.4. The van der Waals surface area contributed by atoms with E-state index in [1.165, 1.54) is 6.42 Å². The van der Waals surface area contributed by atoms with Crippen LogP contribution in [0.2, 0.25) is 0 Å². The first-order valence-electron chi connectivity index (χ1n) is 13.4. The third-order valence-electron chi connectivity index (χ3n) is 9.90. The average molecular weight is 466 g/mol. The molecule has 33 heavy (non-hydrogen) atoms. The van der Waals surface area contributed by atoms with E-state index in [1.54, 1.807) is 0 Å². The first kappa shape index (κ1) is 26.5. The summed E-state index contributed by atoms with van der Waals surface area (Å²) in [6.45, 7) is 8.61. The molecule has 6 nitrogen and oxygen atoms in total. The zero-order chi connectivity index (χ0) is 24.3. The number of aliphatic hydroxyl groups excluding tert-OH is 2. The van der Waals surface area contributed by atoms with Crippen LogP contribution in [0.1, 0.15) is 91.9 Å². The van der Waals surface area contributed by atoms with Crippen LogP contribution in [-0.4, -0.2) is 45.9 Å². The van der Waals surface area contributed by atoms with Crippen molar-refractivity contribution in [3.05, 3.63) is 0 Å². The molecule has 4 N–H and O–H groups in total. The van der Waals surface area contributed by atoms with E-state index in [4.69, 9.17) is 5.11 Å². The number of hydrogen-bond acceptors (Lipinski definition) is 4. The fourth-order valence-electron chi connectivity index (χ4n) is 8.15. The van der Waals surface area contributed by atoms with Crippen LogP contribution in [0.3, 0.4) is 0 Å². The Morgan fingerprint density at radius 3 is 2.45 bits per heavy atom. The van der Waals surface area contributed by atoms with E-state index in [9.17, 15) is 19.8 Å². The SMILES string of the molecule is CC(CC(C)C1CCC2C3C(O)CCCC(O)CCC(C)C3CCC12C)C(=O)NCC(=O)O. The van der Waals surface area contributed by atoms with Crippen molar-refractivity contribution >= 4 is 11.9 Å². The first-order chi connectivity index (χ1) is 15.5. The average Bonchev–Trinajstić information content (AvgIpc) is 3.11. The number of carboxylic acid groups (broad SMARTS) is 1. The Hall–Kier alpha value is -1.14. The normalized spacial score (nSPS) is 41.3. The Morgan fingerprint density at radius 1 is 1.03 bits per heavy atom. The maximum absolute atomic E-state index is 12.4. The van der Waals surface area contributed by atoms with Gasteiger partial charge in [0.25, 0.3) is 0 Å². The molecule has 0 heterocycles. The zero-order valence-electron chi connectivity index (χ0n) is 21.1. The molecule has 10 atom stereocenters. The molecular formula is C27H47NO5. The number of carboxylic acids is 1. The summed E-state index contributed by atoms with van der Waals surface area (Å²) in [4.78, 5) is 23.1. The molecule has 0 saturated heterocycles. The standard InChI is InChI=1S/C27H47NO5/c1-16-8-9-19(29)6-5-7-23(30)25-20(16)12-13-27(4)21(10-11-22(25)27)17(2)14-18(3)26(33)28-15-24(31)32/h16-23,25,29-30H,5-15H2,1-4H3,(H,28,33)(H,31,32). The lowest BCUT2D eigenvalue weighted by Crippen LogP contribution is -2.49. The highest BCUT2D eigenvalue weighted by atomic mass is 16.4. The minimum absolute atomic E-state index is 0.175. The summed E-state index contributed by atoms with van der Waals surface area (Å²) in [6.07, 6.45) is 9.27. The summed E-state index contributed by atoms with van der Waals surface area (Å²) in [7, 11) is 0. The second kappa shape index (κ2) is 11.1. The Bertz CT molecular complexity index is 683. The lowest BCUT2D eigenvalue weighted by Gasteiger charge is -2.53. The number of carbonyl (C=O) groups is 2. The molecule has 3 rings (SSSR count). The summed E-state index contributed by atoms with van der Waals surface area (Å²) < 4.78 is 0. The van der Waals surface area contributed by atoms with E-state index < -0.39 is 5.97 Å². The fraction of sp³-hybridized carbons (Fsp3) is 0.926. The molecule has 0 spiro atoms. The second-order valence-electron chi connectivity index (χ2n) is 12.0. The number of fused-ring (bicyclic) bond motifs is 3. The highest BCUT2D eigenvalue weighted by Crippen LogP contribution is 2.63. The van der Waals surface area contributed by atoms with Crippen LogP contribution < -0.4 is 5.32 Å². The van der Waals surface area contributed by atoms with E-state index in [0.29, 0.717) is 35.5 Å². The van der Waals surface area contributed by atoms with Gasteiger partial charge >= 0.3 is 5.97 Å². The van der Waals surface area contributed by atoms with Gasteiger partial charge in [0, 0.05) is 5.92 Å². The predicted octanol–water partition coefficient (Wildman–Crippen LogP) is 4.23. The molecule has 3 aliphatic carbocycles. The Balaban J connectivity index is 1.71. The van der Waals surface area contributed by atoms with E-state index in [0.717, 1.165) is 57.8 Å². The number of aliphatic hydroxyl groups is 2. The maximum Gasteiger partial charge on any atom is 0.322 e. The van der Waals surface area contributed by atoms with Gasteiger partial charge in [-0.05, 0) is 105 Å². The van der Waals surface area contributed by atoms with Crippen LogP contribution >= 0.6 is 0 Å². The van der Waals surface area contributed by atoms with Crippen molar-refractivity contribution in [2.75, 3.05) is 6.54 Å². The van der Waals surface area contributed by atoms with Gasteiger partial charge in [-0.2, -0.15) is 0 Å². The fourth-order valence-corrected chi connectivity index (χ4v) is 8.15. The molecule has 0 radical (unpaired) electrons. The van der Waals surface area contributed by atoms with E-state index in [1.807, 2.05) is 6.92 Å². The van der Waals surface area contributed by atoms with Gasteiger partial charge in [-0.1, -0.05) is 27.7 Å². The van der Waals surface area contributed by atoms with Crippen molar-refractivity contribution in [1.82, 2.24) is 5.32 Å². The molecule has 3 saturated carbocycles. The molecular weight excluding hydrogens is 418 g/mol. The van der Waals surface area contributed by atoms with E-state index >= 15 is 0 Å². The Kier molecular flexibility index (Phi) is 8.88. The molecule has 10 unspecified atom stereocenters. The van der Waals surface area contributed by atoms with Gasteiger partial charge in [-0.3, -0.25) is 9.59 Å². The molecule has 0 aromatic carbocycles. The van der Waals surface area contributed by atoms with Gasteiger partial charge < -0.3 is 20.6 Å². The van der Waals surface area contributed by atoms with Crippen LogP contribution in [-0.2, 0) is 9.59 Å². The predicted molar refractivity (Wildman–Crippen MR) is 128 cm³/mol. The summed E-state index contributed by atoms with van der Waals surface area (Å²) >= 11 is 0. The van der Waals surface area contributed by atoms with Crippen molar-refractivity contribution in [3.63, 3.8) is 0 Å². The van der Waals surface area contributed by atoms with Gasteiger partial charge in [0.05, 0.1) is 12.2 Å². The highest BCUT2D eigenvalue weighted by molar-refractivity contribution is 5.82. The lowest BCUT2D eigenvalue weighted by molar-refractivity contribution is -0.138. The summed E-state index contributed by atoms with van der Waals surface area (Å²) in [5, 5.41) is 33.0. The largest absolute Gasteiger partial charge is 0.480 e. The monoisotopic (exact) mass is 465 g/mol. The lowest BCUT2D eigenvalue weighted by atomic mass is 9.53. The van der Waals surface area contributed by atoms with Gasteiger partial charge in [-0.25, -0.2) is 0 Å². The Morgan fingerprint density at radius 2 is 1.76 bits per heavy atom. The summed E-state index contributed by atoms with van der Waals surface area (Å²) in [5.41, 5.74) is 0.183. The zero-order valence-corrected chi connectivity index (χ0v) is 21.1. The van der Waals surface area contributed by atoms with Gasteiger partial charge in [0.2, 0.25) is 5.91 Å². The number of hydrogen-bond donors (Lipinski definition) is 4. The molecule has 0 bridgehead atoms. The highest BCUT2D eigenvalue weighted by Gasteiger charge is 2.56. The number of rotatable bonds is 6. The molecule has 3 fully saturated rings. The van der Waals surface area contributed by atoms with Crippen molar-refractivity contribution in [2.24, 2.45) is 46.8 Å². The van der Waals surface area contributed by atoms with Gasteiger partial charge in [0.1, 0.15) is 6.54 Å². The van der Waals surface area contributed by atoms with Gasteiger partial charge in [0.15, 0.2) is 0 Å². The van der Waals surface area contributed by atoms with Crippen molar-refractivity contribution in [3.8, 4) is 0 Å². The van der Waals surface area contributed by atoms with Crippen LogP contribution in [0, 0.1) is 46.8 Å². The van der Waals surface area contributed by atoms with Crippen LogP contribution in [0.5, 0.6) is 0 Å². The summed E-state index contributed by atoms with van der Waals surface area (Å²) in [5.74, 6) is 1.41. The smallest absolute Gasteiger partial charge is 0.322 e. The van der Waals surface area contributed by atoms with Crippen molar-refractivity contribution in [1.29, 1.82) is 0 Å². The molecule has 0 aliphatic heterocycles. The second-order valence-corrected chi connectivity index (χ2v) is 12.0. The minimum atomic E-state index is -1.01. The third kappa shape index (κ3) is 5.93. The quantitative estimate of drug-likeness (QED) is 0.470. The van der Waals surface area contributed by atoms with Crippen molar-refractivity contribution in [2.45, 2.75) is 104 Å². The number of amides is 1. The van der Waals surface area contributed by atoms with E-state index in [-0.39, 0.29) is 36.0 Å². The van der Waals surface area contributed by atoms with Crippen LogP contribution in [0.25, 0.3) is 0 Å².